The molecule has 1 N–H and O–H groups in total. The Kier molecular flexibility index (Phi) is 5.33. The Labute approximate surface area is 203 Å². The number of nitro benzene ring substituents is 1. The molecule has 0 radical (unpaired) electrons. The van der Waals surface area contributed by atoms with E-state index in [-0.39, 0.29) is 28.0 Å². The van der Waals surface area contributed by atoms with Gasteiger partial charge in [-0.2, -0.15) is 5.26 Å². The standard InChI is InChI=1S/C20H17ClIN5O4S/c21-14-4-3-13(6-17(14)27(28)29)32(30,31)20-18-7-16(24-20)19-9-25(10-26(18)19)12-2-1-11(8-23)15(22)5-12/h1-6,16,18-20,24H,7,9-10H2. The van der Waals surface area contributed by atoms with Gasteiger partial charge >= 0.3 is 0 Å². The number of hydrogen-bond acceptors (Lipinski definition) is 8. The van der Waals surface area contributed by atoms with Crippen LogP contribution in [0.4, 0.5) is 11.4 Å². The number of sulfone groups is 1. The van der Waals surface area contributed by atoms with E-state index in [0.717, 1.165) is 21.9 Å². The molecule has 2 aromatic carbocycles. The first-order valence-electron chi connectivity index (χ1n) is 9.85. The highest BCUT2D eigenvalue weighted by molar-refractivity contribution is 14.1. The van der Waals surface area contributed by atoms with Crippen LogP contribution < -0.4 is 10.2 Å². The van der Waals surface area contributed by atoms with Crippen molar-refractivity contribution in [1.82, 2.24) is 10.2 Å². The molecular weight excluding hydrogens is 569 g/mol. The molecule has 9 nitrogen and oxygen atoms in total. The van der Waals surface area contributed by atoms with Crippen LogP contribution in [0.1, 0.15) is 12.0 Å². The lowest BCUT2D eigenvalue weighted by molar-refractivity contribution is -0.384. The minimum Gasteiger partial charge on any atom is -0.357 e. The van der Waals surface area contributed by atoms with E-state index < -0.39 is 25.8 Å². The monoisotopic (exact) mass is 585 g/mol. The van der Waals surface area contributed by atoms with E-state index in [9.17, 15) is 18.5 Å². The van der Waals surface area contributed by atoms with Crippen molar-refractivity contribution in [3.8, 4) is 6.07 Å². The summed E-state index contributed by atoms with van der Waals surface area (Å²) in [6.07, 6.45) is 0.711. The molecule has 2 bridgehead atoms. The summed E-state index contributed by atoms with van der Waals surface area (Å²) in [6.45, 7) is 1.34. The average molecular weight is 586 g/mol. The summed E-state index contributed by atoms with van der Waals surface area (Å²) < 4.78 is 27.6. The number of fused-ring (bicyclic) bond motifs is 5. The molecule has 166 valence electrons. The highest BCUT2D eigenvalue weighted by Gasteiger charge is 2.58. The van der Waals surface area contributed by atoms with Crippen molar-refractivity contribution in [3.63, 3.8) is 0 Å². The third-order valence-corrected chi connectivity index (χ3v) is 9.74. The maximum absolute atomic E-state index is 13.4. The molecule has 3 aliphatic rings. The third kappa shape index (κ3) is 3.36. The molecule has 3 saturated heterocycles. The van der Waals surface area contributed by atoms with Crippen molar-refractivity contribution in [2.45, 2.75) is 34.8 Å². The molecule has 4 atom stereocenters. The normalized spacial score (nSPS) is 26.8. The Morgan fingerprint density at radius 2 is 2.03 bits per heavy atom. The van der Waals surface area contributed by atoms with Crippen LogP contribution in [0, 0.1) is 25.0 Å². The number of nitrogens with one attached hydrogen (secondary N) is 1. The van der Waals surface area contributed by atoms with Crippen molar-refractivity contribution in [2.24, 2.45) is 0 Å². The molecule has 0 spiro atoms. The Hall–Kier alpha value is -1.98. The van der Waals surface area contributed by atoms with Gasteiger partial charge in [0, 0.05) is 40.0 Å². The van der Waals surface area contributed by atoms with Crippen molar-refractivity contribution in [3.05, 3.63) is 60.7 Å². The summed E-state index contributed by atoms with van der Waals surface area (Å²) >= 11 is 8.00. The smallest absolute Gasteiger partial charge is 0.289 e. The number of anilines is 1. The van der Waals surface area contributed by atoms with E-state index in [1.807, 2.05) is 12.1 Å². The lowest BCUT2D eigenvalue weighted by atomic mass is 10.1. The van der Waals surface area contributed by atoms with Gasteiger partial charge in [-0.05, 0) is 59.3 Å². The lowest BCUT2D eigenvalue weighted by Gasteiger charge is -2.34. The molecule has 0 aliphatic carbocycles. The maximum Gasteiger partial charge on any atom is 0.289 e. The van der Waals surface area contributed by atoms with E-state index in [4.69, 9.17) is 16.9 Å². The largest absolute Gasteiger partial charge is 0.357 e. The Morgan fingerprint density at radius 3 is 2.72 bits per heavy atom. The number of halogens is 2. The van der Waals surface area contributed by atoms with E-state index in [1.54, 1.807) is 6.07 Å². The number of benzene rings is 2. The molecular formula is C20H17ClIN5O4S. The van der Waals surface area contributed by atoms with Crippen LogP contribution in [0.25, 0.3) is 0 Å². The molecule has 0 amide bonds. The molecule has 0 saturated carbocycles. The Morgan fingerprint density at radius 1 is 1.25 bits per heavy atom. The van der Waals surface area contributed by atoms with Gasteiger partial charge in [0.05, 0.1) is 22.1 Å². The second-order valence-electron chi connectivity index (χ2n) is 8.13. The van der Waals surface area contributed by atoms with Gasteiger partial charge in [-0.3, -0.25) is 20.3 Å². The van der Waals surface area contributed by atoms with Gasteiger partial charge in [-0.1, -0.05) is 11.6 Å². The highest BCUT2D eigenvalue weighted by Crippen LogP contribution is 2.42. The molecule has 3 aliphatic heterocycles. The number of hydrogen-bond donors (Lipinski definition) is 1. The van der Waals surface area contributed by atoms with Crippen LogP contribution in [0.15, 0.2) is 41.3 Å². The minimum absolute atomic E-state index is 0.0181. The molecule has 3 fully saturated rings. The molecule has 32 heavy (non-hydrogen) atoms. The molecule has 2 aromatic rings. The molecule has 4 unspecified atom stereocenters. The van der Waals surface area contributed by atoms with Crippen LogP contribution in [0.2, 0.25) is 5.02 Å². The summed E-state index contributed by atoms with van der Waals surface area (Å²) in [5.74, 6) is 0. The first-order valence-corrected chi connectivity index (χ1v) is 12.9. The van der Waals surface area contributed by atoms with Crippen molar-refractivity contribution in [1.29, 1.82) is 5.26 Å². The topological polar surface area (TPSA) is 120 Å². The minimum atomic E-state index is -3.85. The van der Waals surface area contributed by atoms with Crippen LogP contribution in [-0.4, -0.2) is 55.0 Å². The number of piperazine rings is 1. The Bertz CT molecular complexity index is 1280. The number of nitro groups is 1. The van der Waals surface area contributed by atoms with Crippen LogP contribution in [-0.2, 0) is 9.84 Å². The van der Waals surface area contributed by atoms with E-state index in [0.29, 0.717) is 18.7 Å². The molecule has 3 heterocycles. The van der Waals surface area contributed by atoms with Gasteiger partial charge in [-0.25, -0.2) is 8.42 Å². The lowest BCUT2D eigenvalue weighted by Crippen LogP contribution is -2.57. The molecule has 5 rings (SSSR count). The first-order chi connectivity index (χ1) is 15.2. The predicted octanol–water partition coefficient (Wildman–Crippen LogP) is 2.72. The summed E-state index contributed by atoms with van der Waals surface area (Å²) in [5.41, 5.74) is 1.20. The van der Waals surface area contributed by atoms with Gasteiger partial charge in [0.25, 0.3) is 5.69 Å². The van der Waals surface area contributed by atoms with Gasteiger partial charge < -0.3 is 4.90 Å². The third-order valence-electron chi connectivity index (χ3n) is 6.50. The summed E-state index contributed by atoms with van der Waals surface area (Å²) in [7, 11) is -3.85. The number of nitrogens with zero attached hydrogens (tertiary/aromatic N) is 4. The maximum atomic E-state index is 13.4. The average Bonchev–Trinajstić information content (AvgIpc) is 3.45. The van der Waals surface area contributed by atoms with Gasteiger partial charge in [0.1, 0.15) is 16.5 Å². The fourth-order valence-electron chi connectivity index (χ4n) is 4.98. The zero-order valence-corrected chi connectivity index (χ0v) is 20.2. The van der Waals surface area contributed by atoms with E-state index >= 15 is 0 Å². The van der Waals surface area contributed by atoms with Crippen LogP contribution >= 0.6 is 34.2 Å². The zero-order chi connectivity index (χ0) is 22.8. The zero-order valence-electron chi connectivity index (χ0n) is 16.5. The fourth-order valence-corrected chi connectivity index (χ4v) is 7.65. The van der Waals surface area contributed by atoms with Crippen LogP contribution in [0.3, 0.4) is 0 Å². The second-order valence-corrected chi connectivity index (χ2v) is 11.8. The highest BCUT2D eigenvalue weighted by atomic mass is 127. The van der Waals surface area contributed by atoms with Gasteiger partial charge in [0.15, 0.2) is 9.84 Å². The van der Waals surface area contributed by atoms with Crippen molar-refractivity contribution in [2.75, 3.05) is 18.1 Å². The molecule has 0 aromatic heterocycles. The van der Waals surface area contributed by atoms with Crippen molar-refractivity contribution >= 4 is 55.4 Å². The SMILES string of the molecule is N#Cc1ccc(N2CC3C4CC(C(S(=O)(=O)c5ccc(Cl)c([N+](=O)[O-])c5)N4)N3C2)cc1I. The Balaban J connectivity index is 1.40. The summed E-state index contributed by atoms with van der Waals surface area (Å²) in [5, 5.41) is 22.7. The number of nitriles is 1. The number of rotatable bonds is 4. The first kappa shape index (κ1) is 21.8. The van der Waals surface area contributed by atoms with Crippen molar-refractivity contribution < 1.29 is 13.3 Å². The fraction of sp³-hybridized carbons (Fsp3) is 0.350. The van der Waals surface area contributed by atoms with Gasteiger partial charge in [0.2, 0.25) is 0 Å². The predicted molar refractivity (Wildman–Crippen MR) is 126 cm³/mol. The van der Waals surface area contributed by atoms with E-state index in [1.165, 1.54) is 12.1 Å². The summed E-state index contributed by atoms with van der Waals surface area (Å²) in [6, 6.07) is 11.4. The van der Waals surface area contributed by atoms with Gasteiger partial charge in [-0.15, -0.1) is 0 Å². The quantitative estimate of drug-likeness (QED) is 0.331. The molecule has 12 heteroatoms. The van der Waals surface area contributed by atoms with E-state index in [2.05, 4.69) is 43.8 Å². The second kappa shape index (κ2) is 7.81. The van der Waals surface area contributed by atoms with Crippen LogP contribution in [0.5, 0.6) is 0 Å². The summed E-state index contributed by atoms with van der Waals surface area (Å²) in [4.78, 5) is 14.8.